The molecule has 3 aliphatic rings. The van der Waals surface area contributed by atoms with Crippen LogP contribution in [0.3, 0.4) is 0 Å². The van der Waals surface area contributed by atoms with Crippen LogP contribution < -0.4 is 0 Å². The van der Waals surface area contributed by atoms with Crippen LogP contribution in [0.2, 0.25) is 0 Å². The Hall–Kier alpha value is -0.440. The van der Waals surface area contributed by atoms with Gasteiger partial charge in [0.1, 0.15) is 36.6 Å². The van der Waals surface area contributed by atoms with Gasteiger partial charge in [0.2, 0.25) is 0 Å². The summed E-state index contributed by atoms with van der Waals surface area (Å²) >= 11 is 0. The van der Waals surface area contributed by atoms with Crippen molar-refractivity contribution in [3.8, 4) is 0 Å². The van der Waals surface area contributed by atoms with Crippen LogP contribution in [0.1, 0.15) is 47.5 Å². The standard InChI is InChI=1S/C11H20O6.C9H18O5/c1-5-11(13)8(14-4)6-7(9(12)17-11)16-10(2,3)15-6;1-4-9(2)7(13-3)5(10)6(11)8(12)14-9/h6-9,12-13H,5H2,1-4H3;5-8,10-12H,4H2,1-3H3/t6?,7?,8?,9?,11-;5?,6?,7?,8?,9-/m00/s1. The fourth-order valence-electron chi connectivity index (χ4n) is 4.27. The third-order valence-corrected chi connectivity index (χ3v) is 6.17. The Morgan fingerprint density at radius 3 is 1.74 bits per heavy atom. The molecule has 10 atom stereocenters. The summed E-state index contributed by atoms with van der Waals surface area (Å²) in [5, 5.41) is 48.5. The van der Waals surface area contributed by atoms with Crippen molar-refractivity contribution in [3.05, 3.63) is 0 Å². The van der Waals surface area contributed by atoms with Crippen LogP contribution in [0.25, 0.3) is 0 Å². The average molecular weight is 455 g/mol. The van der Waals surface area contributed by atoms with E-state index in [0.29, 0.717) is 6.42 Å². The maximum absolute atomic E-state index is 10.3. The highest BCUT2D eigenvalue weighted by molar-refractivity contribution is 4.99. The largest absolute Gasteiger partial charge is 0.387 e. The molecule has 3 heterocycles. The van der Waals surface area contributed by atoms with Gasteiger partial charge < -0.3 is 54.0 Å². The van der Waals surface area contributed by atoms with E-state index in [1.165, 1.54) is 14.2 Å². The van der Waals surface area contributed by atoms with Crippen molar-refractivity contribution >= 4 is 0 Å². The molecule has 3 fully saturated rings. The van der Waals surface area contributed by atoms with Gasteiger partial charge in [-0.15, -0.1) is 0 Å². The van der Waals surface area contributed by atoms with Crippen LogP contribution in [-0.4, -0.2) is 106 Å². The number of hydrogen-bond acceptors (Lipinski definition) is 11. The number of methoxy groups -OCH3 is 2. The van der Waals surface area contributed by atoms with E-state index >= 15 is 0 Å². The molecular formula is C20H38O11. The molecule has 3 rings (SSSR count). The number of aliphatic hydroxyl groups excluding tert-OH is 4. The molecule has 184 valence electrons. The predicted molar refractivity (Wildman–Crippen MR) is 106 cm³/mol. The molecule has 5 N–H and O–H groups in total. The van der Waals surface area contributed by atoms with Gasteiger partial charge in [-0.05, 0) is 27.2 Å². The molecular weight excluding hydrogens is 416 g/mol. The Morgan fingerprint density at radius 2 is 1.26 bits per heavy atom. The molecule has 0 aromatic rings. The van der Waals surface area contributed by atoms with Crippen LogP contribution in [0.15, 0.2) is 0 Å². The number of rotatable bonds is 4. The van der Waals surface area contributed by atoms with E-state index in [1.807, 2.05) is 6.92 Å². The van der Waals surface area contributed by atoms with Crippen molar-refractivity contribution in [2.75, 3.05) is 14.2 Å². The molecule has 0 radical (unpaired) electrons. The summed E-state index contributed by atoms with van der Waals surface area (Å²) in [5.74, 6) is -2.38. The number of hydrogen-bond donors (Lipinski definition) is 5. The van der Waals surface area contributed by atoms with Gasteiger partial charge in [0.15, 0.2) is 24.2 Å². The second-order valence-corrected chi connectivity index (χ2v) is 8.74. The van der Waals surface area contributed by atoms with Gasteiger partial charge in [0.25, 0.3) is 0 Å². The summed E-state index contributed by atoms with van der Waals surface area (Å²) in [7, 11) is 2.91. The molecule has 11 nitrogen and oxygen atoms in total. The van der Waals surface area contributed by atoms with E-state index in [4.69, 9.17) is 28.4 Å². The molecule has 0 saturated carbocycles. The molecule has 31 heavy (non-hydrogen) atoms. The van der Waals surface area contributed by atoms with E-state index in [0.717, 1.165) is 0 Å². The zero-order valence-corrected chi connectivity index (χ0v) is 19.2. The average Bonchev–Trinajstić information content (AvgIpc) is 3.03. The Morgan fingerprint density at radius 1 is 0.710 bits per heavy atom. The predicted octanol–water partition coefficient (Wildman–Crippen LogP) is -0.791. The lowest BCUT2D eigenvalue weighted by molar-refractivity contribution is -0.372. The topological polar surface area (TPSA) is 157 Å². The number of fused-ring (bicyclic) bond motifs is 1. The van der Waals surface area contributed by atoms with Gasteiger partial charge in [-0.3, -0.25) is 0 Å². The van der Waals surface area contributed by atoms with Crippen molar-refractivity contribution in [3.63, 3.8) is 0 Å². The second kappa shape index (κ2) is 9.82. The highest BCUT2D eigenvalue weighted by Crippen LogP contribution is 2.41. The highest BCUT2D eigenvalue weighted by atomic mass is 16.8. The third kappa shape index (κ3) is 5.22. The summed E-state index contributed by atoms with van der Waals surface area (Å²) in [6, 6.07) is 0. The van der Waals surface area contributed by atoms with Crippen molar-refractivity contribution in [1.29, 1.82) is 0 Å². The highest BCUT2D eigenvalue weighted by Gasteiger charge is 2.60. The van der Waals surface area contributed by atoms with Crippen LogP contribution in [0.4, 0.5) is 0 Å². The minimum Gasteiger partial charge on any atom is -0.387 e. The lowest BCUT2D eigenvalue weighted by Crippen LogP contribution is -2.63. The number of ether oxygens (including phenoxy) is 6. The number of aliphatic hydroxyl groups is 5. The zero-order chi connectivity index (χ0) is 23.8. The van der Waals surface area contributed by atoms with Crippen LogP contribution in [-0.2, 0) is 28.4 Å². The molecule has 3 saturated heterocycles. The van der Waals surface area contributed by atoms with Crippen LogP contribution >= 0.6 is 0 Å². The summed E-state index contributed by atoms with van der Waals surface area (Å²) in [6.45, 7) is 8.84. The fourth-order valence-corrected chi connectivity index (χ4v) is 4.27. The lowest BCUT2D eigenvalue weighted by Gasteiger charge is -2.46. The first kappa shape index (κ1) is 26.8. The molecule has 3 aliphatic heterocycles. The summed E-state index contributed by atoms with van der Waals surface area (Å²) in [6.07, 6.45) is -6.70. The Bertz CT molecular complexity index is 589. The quantitative estimate of drug-likeness (QED) is 0.363. The first-order valence-electron chi connectivity index (χ1n) is 10.5. The van der Waals surface area contributed by atoms with Gasteiger partial charge in [0, 0.05) is 20.6 Å². The second-order valence-electron chi connectivity index (χ2n) is 8.74. The normalized spacial score (nSPS) is 49.2. The first-order chi connectivity index (χ1) is 14.3. The van der Waals surface area contributed by atoms with Crippen molar-refractivity contribution in [2.45, 2.75) is 114 Å². The third-order valence-electron chi connectivity index (χ3n) is 6.17. The summed E-state index contributed by atoms with van der Waals surface area (Å²) < 4.78 is 32.0. The maximum atomic E-state index is 10.3. The molecule has 0 aromatic heterocycles. The molecule has 11 heteroatoms. The zero-order valence-electron chi connectivity index (χ0n) is 19.2. The van der Waals surface area contributed by atoms with Gasteiger partial charge in [-0.2, -0.15) is 0 Å². The summed E-state index contributed by atoms with van der Waals surface area (Å²) in [5.41, 5.74) is -0.771. The summed E-state index contributed by atoms with van der Waals surface area (Å²) in [4.78, 5) is 0. The molecule has 8 unspecified atom stereocenters. The van der Waals surface area contributed by atoms with Crippen molar-refractivity contribution in [2.24, 2.45) is 0 Å². The SMILES string of the molecule is CC[C@]1(C)OC(O)C(O)C(O)C1OC.CC[C@]1(O)OC(O)C2OC(C)(C)OC2C1OC. The molecule has 0 spiro atoms. The van der Waals surface area contributed by atoms with E-state index in [9.17, 15) is 25.5 Å². The van der Waals surface area contributed by atoms with Crippen LogP contribution in [0, 0.1) is 0 Å². The lowest BCUT2D eigenvalue weighted by atomic mass is 9.86. The van der Waals surface area contributed by atoms with Crippen molar-refractivity contribution in [1.82, 2.24) is 0 Å². The van der Waals surface area contributed by atoms with E-state index in [1.54, 1.807) is 27.7 Å². The minimum absolute atomic E-state index is 0.287. The van der Waals surface area contributed by atoms with Gasteiger partial charge >= 0.3 is 0 Å². The van der Waals surface area contributed by atoms with Gasteiger partial charge in [-0.1, -0.05) is 13.8 Å². The monoisotopic (exact) mass is 454 g/mol. The Kier molecular flexibility index (Phi) is 8.49. The van der Waals surface area contributed by atoms with Crippen LogP contribution in [0.5, 0.6) is 0 Å². The van der Waals surface area contributed by atoms with E-state index < -0.39 is 66.4 Å². The van der Waals surface area contributed by atoms with Crippen molar-refractivity contribution < 1.29 is 54.0 Å². The molecule has 0 bridgehead atoms. The molecule has 0 aliphatic carbocycles. The Labute approximate surface area is 182 Å². The van der Waals surface area contributed by atoms with E-state index in [2.05, 4.69) is 0 Å². The minimum atomic E-state index is -1.56. The van der Waals surface area contributed by atoms with Gasteiger partial charge in [-0.25, -0.2) is 0 Å². The Balaban J connectivity index is 0.000000225. The van der Waals surface area contributed by atoms with E-state index in [-0.39, 0.29) is 6.42 Å². The first-order valence-corrected chi connectivity index (χ1v) is 10.5. The smallest absolute Gasteiger partial charge is 0.197 e. The molecule has 0 amide bonds. The fraction of sp³-hybridized carbons (Fsp3) is 1.00. The van der Waals surface area contributed by atoms with Gasteiger partial charge in [0.05, 0.1) is 5.60 Å². The maximum Gasteiger partial charge on any atom is 0.197 e. The molecule has 0 aromatic carbocycles.